The van der Waals surface area contributed by atoms with E-state index in [1.165, 1.54) is 0 Å². The van der Waals surface area contributed by atoms with Crippen LogP contribution in [-0.2, 0) is 19.4 Å². The van der Waals surface area contributed by atoms with Gasteiger partial charge in [-0.2, -0.15) is 0 Å². The summed E-state index contributed by atoms with van der Waals surface area (Å²) in [5.41, 5.74) is 0. The number of nitrogens with zero attached hydrogens (tertiary/aromatic N) is 1. The lowest BCUT2D eigenvalue weighted by Gasteiger charge is -2.33. The average Bonchev–Trinajstić information content (AvgIpc) is 2.80. The highest BCUT2D eigenvalue weighted by Crippen LogP contribution is 2.18. The maximum Gasteiger partial charge on any atom is 0.238 e. The monoisotopic (exact) mass is 289 g/mol. The molecule has 0 aromatic rings. The van der Waals surface area contributed by atoms with Crippen molar-refractivity contribution in [3.8, 4) is 0 Å². The van der Waals surface area contributed by atoms with Gasteiger partial charge in [-0.25, -0.2) is 8.42 Å². The van der Waals surface area contributed by atoms with Crippen LogP contribution in [0.4, 0.5) is 0 Å². The van der Waals surface area contributed by atoms with Gasteiger partial charge in [-0.05, 0) is 39.0 Å². The largest absolute Gasteiger partial charge is 0.377 e. The van der Waals surface area contributed by atoms with Crippen molar-refractivity contribution < 1.29 is 17.9 Å². The van der Waals surface area contributed by atoms with Crippen LogP contribution < -0.4 is 0 Å². The van der Waals surface area contributed by atoms with Crippen LogP contribution in [0.15, 0.2) is 0 Å². The molecule has 2 atom stereocenters. The van der Waals surface area contributed by atoms with Gasteiger partial charge in [-0.1, -0.05) is 0 Å². The molecule has 0 aromatic carbocycles. The average molecular weight is 289 g/mol. The van der Waals surface area contributed by atoms with Crippen LogP contribution in [0.2, 0.25) is 0 Å². The molecule has 5 nitrogen and oxygen atoms in total. The van der Waals surface area contributed by atoms with Gasteiger partial charge in [0.15, 0.2) is 9.84 Å². The van der Waals surface area contributed by atoms with E-state index in [0.29, 0.717) is 13.2 Å². The maximum atomic E-state index is 12.1. The Kier molecular flexibility index (Phi) is 4.84. The Morgan fingerprint density at radius 2 is 2.05 bits per heavy atom. The number of amides is 1. The van der Waals surface area contributed by atoms with Crippen LogP contribution >= 0.6 is 0 Å². The Hall–Kier alpha value is -0.620. The van der Waals surface area contributed by atoms with Crippen molar-refractivity contribution in [1.82, 2.24) is 4.90 Å². The van der Waals surface area contributed by atoms with Crippen LogP contribution in [-0.4, -0.2) is 56.0 Å². The quantitative estimate of drug-likeness (QED) is 0.774. The number of rotatable bonds is 4. The summed E-state index contributed by atoms with van der Waals surface area (Å²) in [6.07, 6.45) is 4.55. The molecule has 2 aliphatic heterocycles. The minimum atomic E-state index is -3.35. The SMILES string of the molecule is CC1CCCCN1C(=O)CS(=O)(=O)CC1CCCO1. The van der Waals surface area contributed by atoms with Crippen molar-refractivity contribution in [2.24, 2.45) is 0 Å². The molecule has 0 radical (unpaired) electrons. The molecule has 2 heterocycles. The van der Waals surface area contributed by atoms with Gasteiger partial charge in [-0.15, -0.1) is 0 Å². The molecule has 2 fully saturated rings. The van der Waals surface area contributed by atoms with Crippen LogP contribution in [0.1, 0.15) is 39.0 Å². The zero-order chi connectivity index (χ0) is 13.9. The third-order valence-electron chi connectivity index (χ3n) is 3.93. The van der Waals surface area contributed by atoms with E-state index >= 15 is 0 Å². The minimum Gasteiger partial charge on any atom is -0.377 e. The Bertz CT molecular complexity index is 414. The maximum absolute atomic E-state index is 12.1. The zero-order valence-electron chi connectivity index (χ0n) is 11.5. The van der Waals surface area contributed by atoms with Gasteiger partial charge in [0.1, 0.15) is 5.75 Å². The van der Waals surface area contributed by atoms with Gasteiger partial charge in [-0.3, -0.25) is 4.79 Å². The Labute approximate surface area is 115 Å². The normalized spacial score (nSPS) is 28.6. The predicted molar refractivity (Wildman–Crippen MR) is 72.7 cm³/mol. The molecular formula is C13H23NO4S. The van der Waals surface area contributed by atoms with E-state index in [1.807, 2.05) is 6.92 Å². The fraction of sp³-hybridized carbons (Fsp3) is 0.923. The Balaban J connectivity index is 1.89. The van der Waals surface area contributed by atoms with Crippen LogP contribution in [0.5, 0.6) is 0 Å². The topological polar surface area (TPSA) is 63.7 Å². The first-order valence-electron chi connectivity index (χ1n) is 7.09. The molecule has 0 saturated carbocycles. The molecule has 6 heteroatoms. The second-order valence-corrected chi connectivity index (χ2v) is 7.73. The summed E-state index contributed by atoms with van der Waals surface area (Å²) in [6, 6.07) is 0.166. The second-order valence-electron chi connectivity index (χ2n) is 5.62. The first kappa shape index (κ1) is 14.8. The van der Waals surface area contributed by atoms with Crippen LogP contribution in [0.25, 0.3) is 0 Å². The fourth-order valence-electron chi connectivity index (χ4n) is 2.86. The second kappa shape index (κ2) is 6.22. The lowest BCUT2D eigenvalue weighted by molar-refractivity contribution is -0.131. The molecule has 0 spiro atoms. The van der Waals surface area contributed by atoms with Crippen molar-refractivity contribution in [2.75, 3.05) is 24.7 Å². The molecular weight excluding hydrogens is 266 g/mol. The van der Waals surface area contributed by atoms with E-state index in [1.54, 1.807) is 4.90 Å². The zero-order valence-corrected chi connectivity index (χ0v) is 12.3. The molecule has 0 N–H and O–H groups in total. The lowest BCUT2D eigenvalue weighted by Crippen LogP contribution is -2.45. The van der Waals surface area contributed by atoms with Crippen LogP contribution in [0, 0.1) is 0 Å². The van der Waals surface area contributed by atoms with Gasteiger partial charge in [0.25, 0.3) is 0 Å². The van der Waals surface area contributed by atoms with Gasteiger partial charge >= 0.3 is 0 Å². The number of sulfone groups is 1. The molecule has 2 aliphatic rings. The molecule has 1 amide bonds. The molecule has 2 rings (SSSR count). The summed E-state index contributed by atoms with van der Waals surface area (Å²) >= 11 is 0. The van der Waals surface area contributed by atoms with Gasteiger partial charge in [0.2, 0.25) is 5.91 Å². The van der Waals surface area contributed by atoms with Gasteiger partial charge < -0.3 is 9.64 Å². The predicted octanol–water partition coefficient (Wildman–Crippen LogP) is 0.981. The first-order valence-corrected chi connectivity index (χ1v) is 8.91. The molecule has 2 saturated heterocycles. The molecule has 0 aliphatic carbocycles. The smallest absolute Gasteiger partial charge is 0.238 e. The highest BCUT2D eigenvalue weighted by Gasteiger charge is 2.29. The molecule has 0 bridgehead atoms. The van der Waals surface area contributed by atoms with Crippen molar-refractivity contribution in [3.05, 3.63) is 0 Å². The van der Waals surface area contributed by atoms with E-state index in [0.717, 1.165) is 32.1 Å². The number of hydrogen-bond acceptors (Lipinski definition) is 4. The van der Waals surface area contributed by atoms with E-state index in [2.05, 4.69) is 0 Å². The molecule has 19 heavy (non-hydrogen) atoms. The van der Waals surface area contributed by atoms with E-state index in [-0.39, 0.29) is 29.6 Å². The summed E-state index contributed by atoms with van der Waals surface area (Å²) in [5.74, 6) is -0.622. The molecule has 110 valence electrons. The summed E-state index contributed by atoms with van der Waals surface area (Å²) in [7, 11) is -3.35. The summed E-state index contributed by atoms with van der Waals surface area (Å²) in [5, 5.41) is 0. The fourth-order valence-corrected chi connectivity index (χ4v) is 4.35. The molecule has 0 aromatic heterocycles. The lowest BCUT2D eigenvalue weighted by atomic mass is 10.0. The van der Waals surface area contributed by atoms with Gasteiger partial charge in [0, 0.05) is 19.2 Å². The number of likely N-dealkylation sites (tertiary alicyclic amines) is 1. The van der Waals surface area contributed by atoms with Crippen LogP contribution in [0.3, 0.4) is 0 Å². The Morgan fingerprint density at radius 3 is 2.68 bits per heavy atom. The third kappa shape index (κ3) is 4.18. The summed E-state index contributed by atoms with van der Waals surface area (Å²) in [4.78, 5) is 13.8. The third-order valence-corrected chi connectivity index (χ3v) is 5.50. The van der Waals surface area contributed by atoms with Crippen molar-refractivity contribution in [2.45, 2.75) is 51.2 Å². The highest BCUT2D eigenvalue weighted by atomic mass is 32.2. The summed E-state index contributed by atoms with van der Waals surface area (Å²) in [6.45, 7) is 3.32. The number of piperidine rings is 1. The van der Waals surface area contributed by atoms with Crippen molar-refractivity contribution in [1.29, 1.82) is 0 Å². The minimum absolute atomic E-state index is 0.0129. The van der Waals surface area contributed by atoms with Crippen molar-refractivity contribution in [3.63, 3.8) is 0 Å². The number of carbonyl (C=O) groups excluding carboxylic acids is 1. The number of carbonyl (C=O) groups is 1. The highest BCUT2D eigenvalue weighted by molar-refractivity contribution is 7.92. The van der Waals surface area contributed by atoms with E-state index < -0.39 is 9.84 Å². The van der Waals surface area contributed by atoms with Gasteiger partial charge in [0.05, 0.1) is 11.9 Å². The standard InChI is InChI=1S/C13H23NO4S/c1-11-5-2-3-7-14(11)13(15)10-19(16,17)9-12-6-4-8-18-12/h11-12H,2-10H2,1H3. The first-order chi connectivity index (χ1) is 8.98. The van der Waals surface area contributed by atoms with E-state index in [9.17, 15) is 13.2 Å². The summed E-state index contributed by atoms with van der Waals surface area (Å²) < 4.78 is 29.4. The number of hydrogen-bond donors (Lipinski definition) is 0. The van der Waals surface area contributed by atoms with E-state index in [4.69, 9.17) is 4.74 Å². The Morgan fingerprint density at radius 1 is 1.26 bits per heavy atom. The molecule has 2 unspecified atom stereocenters. The number of ether oxygens (including phenoxy) is 1. The van der Waals surface area contributed by atoms with Crippen molar-refractivity contribution >= 4 is 15.7 Å².